The Bertz CT molecular complexity index is 1090. The molecule has 1 aliphatic rings. The highest BCUT2D eigenvalue weighted by atomic mass is 19.1. The summed E-state index contributed by atoms with van der Waals surface area (Å²) >= 11 is 0. The molecule has 1 N–H and O–H groups in total. The summed E-state index contributed by atoms with van der Waals surface area (Å²) in [5.41, 5.74) is 2.78. The van der Waals surface area contributed by atoms with Crippen LogP contribution in [0.1, 0.15) is 24.6 Å². The minimum atomic E-state index is -0.328. The third-order valence-electron chi connectivity index (χ3n) is 5.50. The van der Waals surface area contributed by atoms with E-state index in [1.54, 1.807) is 25.1 Å². The zero-order valence-electron chi connectivity index (χ0n) is 17.4. The van der Waals surface area contributed by atoms with E-state index in [2.05, 4.69) is 5.32 Å². The Kier molecular flexibility index (Phi) is 6.21. The minimum absolute atomic E-state index is 0.0629. The molecule has 2 aromatic carbocycles. The number of esters is 1. The minimum Gasteiger partial charge on any atom is -0.484 e. The van der Waals surface area contributed by atoms with Crippen LogP contribution in [-0.2, 0) is 33.7 Å². The molecule has 3 aromatic rings. The van der Waals surface area contributed by atoms with Gasteiger partial charge in [-0.05, 0) is 62.1 Å². The van der Waals surface area contributed by atoms with Gasteiger partial charge in [0, 0.05) is 22.6 Å². The Morgan fingerprint density at radius 2 is 2.00 bits per heavy atom. The highest BCUT2D eigenvalue weighted by molar-refractivity contribution is 5.87. The fourth-order valence-corrected chi connectivity index (χ4v) is 4.20. The first-order chi connectivity index (χ1) is 15.0. The lowest BCUT2D eigenvalue weighted by Gasteiger charge is -2.25. The standard InChI is InChI=1S/C24H25FN2O4/c1-2-30-24(29)14-27-21-10-8-16(25)12-19(21)20-13-17(9-11-22(20)27)26-23(28)15-31-18-6-4-3-5-7-18/h3-8,10,12,17H,2,9,11,13-15H2,1H3,(H,26,28)/t17-/m1/s1. The summed E-state index contributed by atoms with van der Waals surface area (Å²) in [6, 6.07) is 13.7. The van der Waals surface area contributed by atoms with Crippen LogP contribution < -0.4 is 10.1 Å². The van der Waals surface area contributed by atoms with Crippen LogP contribution in [0.15, 0.2) is 48.5 Å². The van der Waals surface area contributed by atoms with Gasteiger partial charge in [0.15, 0.2) is 6.61 Å². The van der Waals surface area contributed by atoms with Crippen LogP contribution in [0.25, 0.3) is 10.9 Å². The molecular weight excluding hydrogens is 399 g/mol. The molecule has 4 rings (SSSR count). The van der Waals surface area contributed by atoms with E-state index < -0.39 is 0 Å². The number of hydrogen-bond donors (Lipinski definition) is 1. The average Bonchev–Trinajstić information content (AvgIpc) is 3.05. The quantitative estimate of drug-likeness (QED) is 0.591. The number of fused-ring (bicyclic) bond motifs is 3. The van der Waals surface area contributed by atoms with E-state index in [0.717, 1.165) is 28.6 Å². The smallest absolute Gasteiger partial charge is 0.325 e. The molecule has 1 heterocycles. The summed E-state index contributed by atoms with van der Waals surface area (Å²) in [6.07, 6.45) is 1.98. The zero-order chi connectivity index (χ0) is 21.8. The van der Waals surface area contributed by atoms with Gasteiger partial charge in [-0.3, -0.25) is 9.59 Å². The summed E-state index contributed by atoms with van der Waals surface area (Å²) in [5, 5.41) is 3.80. The van der Waals surface area contributed by atoms with Gasteiger partial charge in [0.1, 0.15) is 18.1 Å². The van der Waals surface area contributed by atoms with Gasteiger partial charge in [-0.15, -0.1) is 0 Å². The first kappa shape index (κ1) is 20.9. The van der Waals surface area contributed by atoms with Gasteiger partial charge >= 0.3 is 5.97 Å². The van der Waals surface area contributed by atoms with Crippen molar-refractivity contribution in [3.63, 3.8) is 0 Å². The highest BCUT2D eigenvalue weighted by Crippen LogP contribution is 2.33. The first-order valence-electron chi connectivity index (χ1n) is 10.5. The van der Waals surface area contributed by atoms with E-state index in [0.29, 0.717) is 25.2 Å². The first-order valence-corrected chi connectivity index (χ1v) is 10.5. The number of hydrogen-bond acceptors (Lipinski definition) is 4. The number of aromatic nitrogens is 1. The van der Waals surface area contributed by atoms with Gasteiger partial charge in [0.2, 0.25) is 0 Å². The van der Waals surface area contributed by atoms with Gasteiger partial charge in [-0.1, -0.05) is 18.2 Å². The zero-order valence-corrected chi connectivity index (χ0v) is 17.4. The Morgan fingerprint density at radius 1 is 1.19 bits per heavy atom. The van der Waals surface area contributed by atoms with Crippen molar-refractivity contribution in [3.8, 4) is 5.75 Å². The molecule has 31 heavy (non-hydrogen) atoms. The van der Waals surface area contributed by atoms with Crippen molar-refractivity contribution in [1.82, 2.24) is 9.88 Å². The highest BCUT2D eigenvalue weighted by Gasteiger charge is 2.27. The molecule has 1 amide bonds. The topological polar surface area (TPSA) is 69.6 Å². The molecule has 0 saturated carbocycles. The molecule has 162 valence electrons. The van der Waals surface area contributed by atoms with Crippen LogP contribution in [0.2, 0.25) is 0 Å². The lowest BCUT2D eigenvalue weighted by molar-refractivity contribution is -0.143. The number of carbonyl (C=O) groups excluding carboxylic acids is 2. The number of rotatable bonds is 7. The second-order valence-corrected chi connectivity index (χ2v) is 7.59. The number of nitrogens with one attached hydrogen (secondary N) is 1. The third kappa shape index (κ3) is 4.71. The van der Waals surface area contributed by atoms with E-state index in [9.17, 15) is 14.0 Å². The number of halogens is 1. The summed E-state index contributed by atoms with van der Waals surface area (Å²) < 4.78 is 26.5. The van der Waals surface area contributed by atoms with E-state index in [-0.39, 0.29) is 36.9 Å². The monoisotopic (exact) mass is 424 g/mol. The Hall–Kier alpha value is -3.35. The maximum absolute atomic E-state index is 14.0. The number of benzene rings is 2. The van der Waals surface area contributed by atoms with Crippen molar-refractivity contribution >= 4 is 22.8 Å². The van der Waals surface area contributed by atoms with Crippen LogP contribution in [0.3, 0.4) is 0 Å². The normalized spacial score (nSPS) is 15.4. The van der Waals surface area contributed by atoms with Crippen molar-refractivity contribution in [2.24, 2.45) is 0 Å². The number of carbonyl (C=O) groups is 2. The molecular formula is C24H25FN2O4. The van der Waals surface area contributed by atoms with Crippen LogP contribution in [0.4, 0.5) is 4.39 Å². The van der Waals surface area contributed by atoms with E-state index in [1.807, 2.05) is 22.8 Å². The molecule has 0 unspecified atom stereocenters. The van der Waals surface area contributed by atoms with E-state index in [1.165, 1.54) is 12.1 Å². The predicted octanol–water partition coefficient (Wildman–Crippen LogP) is 3.40. The molecule has 0 aliphatic heterocycles. The molecule has 0 bridgehead atoms. The van der Waals surface area contributed by atoms with Crippen molar-refractivity contribution in [2.45, 2.75) is 38.8 Å². The molecule has 0 fully saturated rings. The molecule has 7 heteroatoms. The van der Waals surface area contributed by atoms with Gasteiger partial charge < -0.3 is 19.4 Å². The van der Waals surface area contributed by atoms with Crippen molar-refractivity contribution in [1.29, 1.82) is 0 Å². The predicted molar refractivity (Wildman–Crippen MR) is 114 cm³/mol. The fourth-order valence-electron chi connectivity index (χ4n) is 4.20. The van der Waals surface area contributed by atoms with Crippen molar-refractivity contribution in [2.75, 3.05) is 13.2 Å². The molecule has 1 aromatic heterocycles. The van der Waals surface area contributed by atoms with Gasteiger partial charge in [0.25, 0.3) is 5.91 Å². The lowest BCUT2D eigenvalue weighted by atomic mass is 9.91. The van der Waals surface area contributed by atoms with Crippen LogP contribution in [0.5, 0.6) is 5.75 Å². The molecule has 0 spiro atoms. The molecule has 1 atom stereocenters. The SMILES string of the molecule is CCOC(=O)Cn1c2c(c3cc(F)ccc31)C[C@H](NC(=O)COc1ccccc1)CC2. The Morgan fingerprint density at radius 3 is 2.77 bits per heavy atom. The number of nitrogens with zero attached hydrogens (tertiary/aromatic N) is 1. The van der Waals surface area contributed by atoms with Gasteiger partial charge in [-0.25, -0.2) is 4.39 Å². The second-order valence-electron chi connectivity index (χ2n) is 7.59. The summed E-state index contributed by atoms with van der Waals surface area (Å²) in [5.74, 6) is -0.203. The maximum Gasteiger partial charge on any atom is 0.325 e. The number of para-hydroxylation sites is 1. The van der Waals surface area contributed by atoms with Crippen molar-refractivity contribution in [3.05, 3.63) is 65.6 Å². The Balaban J connectivity index is 1.50. The van der Waals surface area contributed by atoms with Crippen LogP contribution in [0, 0.1) is 5.82 Å². The number of ether oxygens (including phenoxy) is 2. The molecule has 0 radical (unpaired) electrons. The molecule has 1 aliphatic carbocycles. The summed E-state index contributed by atoms with van der Waals surface area (Å²) in [7, 11) is 0. The van der Waals surface area contributed by atoms with Gasteiger partial charge in [-0.2, -0.15) is 0 Å². The number of amides is 1. The third-order valence-corrected chi connectivity index (χ3v) is 5.50. The average molecular weight is 424 g/mol. The van der Waals surface area contributed by atoms with E-state index in [4.69, 9.17) is 9.47 Å². The maximum atomic E-state index is 14.0. The summed E-state index contributed by atoms with van der Waals surface area (Å²) in [6.45, 7) is 2.11. The van der Waals surface area contributed by atoms with Crippen LogP contribution >= 0.6 is 0 Å². The van der Waals surface area contributed by atoms with Crippen LogP contribution in [-0.4, -0.2) is 35.7 Å². The lowest BCUT2D eigenvalue weighted by Crippen LogP contribution is -2.41. The van der Waals surface area contributed by atoms with Crippen molar-refractivity contribution < 1.29 is 23.5 Å². The second kappa shape index (κ2) is 9.20. The Labute approximate surface area is 179 Å². The molecule has 0 saturated heterocycles. The largest absolute Gasteiger partial charge is 0.484 e. The molecule has 6 nitrogen and oxygen atoms in total. The fraction of sp³-hybridized carbons (Fsp3) is 0.333. The van der Waals surface area contributed by atoms with E-state index >= 15 is 0 Å². The van der Waals surface area contributed by atoms with Gasteiger partial charge in [0.05, 0.1) is 6.61 Å². The summed E-state index contributed by atoms with van der Waals surface area (Å²) in [4.78, 5) is 24.5.